The van der Waals surface area contributed by atoms with Gasteiger partial charge in [-0.15, -0.1) is 0 Å². The molecule has 4 saturated carbocycles. The van der Waals surface area contributed by atoms with E-state index in [0.29, 0.717) is 11.8 Å². The monoisotopic (exact) mass is 360 g/mol. The summed E-state index contributed by atoms with van der Waals surface area (Å²) in [7, 11) is 1.43. The molecule has 2 aromatic carbocycles. The Morgan fingerprint density at radius 1 is 0.852 bits per heavy atom. The van der Waals surface area contributed by atoms with E-state index >= 15 is 0 Å². The predicted molar refractivity (Wildman–Crippen MR) is 107 cm³/mol. The summed E-state index contributed by atoms with van der Waals surface area (Å²) in [6.07, 6.45) is 9.07. The average molecular weight is 360 g/mol. The number of methoxy groups -OCH3 is 1. The highest BCUT2D eigenvalue weighted by Gasteiger charge is 2.51. The molecular weight excluding hydrogens is 332 g/mol. The topological polar surface area (TPSA) is 26.3 Å². The minimum Gasteiger partial charge on any atom is -0.469 e. The van der Waals surface area contributed by atoms with Gasteiger partial charge in [-0.25, -0.2) is 0 Å². The molecule has 0 aliphatic heterocycles. The summed E-state index contributed by atoms with van der Waals surface area (Å²) in [6.45, 7) is 0. The Bertz CT molecular complexity index is 796. The van der Waals surface area contributed by atoms with E-state index in [1.807, 2.05) is 12.1 Å². The number of ether oxygens (including phenoxy) is 1. The van der Waals surface area contributed by atoms with Gasteiger partial charge in [-0.3, -0.25) is 4.79 Å². The van der Waals surface area contributed by atoms with Gasteiger partial charge in [0.1, 0.15) is 0 Å². The molecule has 2 heteroatoms. The molecule has 0 aromatic heterocycles. The Kier molecular flexibility index (Phi) is 4.11. The number of carbonyl (C=O) groups is 1. The minimum absolute atomic E-state index is 0.192. The first-order valence-corrected chi connectivity index (χ1v) is 10.4. The Morgan fingerprint density at radius 2 is 1.33 bits per heavy atom. The van der Waals surface area contributed by atoms with Crippen molar-refractivity contribution in [1.82, 2.24) is 0 Å². The highest BCUT2D eigenvalue weighted by atomic mass is 16.5. The van der Waals surface area contributed by atoms with Crippen LogP contribution in [0.5, 0.6) is 0 Å². The molecule has 0 spiro atoms. The molecule has 0 amide bonds. The molecular formula is C25H28O2. The van der Waals surface area contributed by atoms with E-state index in [0.717, 1.165) is 23.3 Å². The molecule has 2 aromatic rings. The average Bonchev–Trinajstić information content (AvgIpc) is 2.67. The molecule has 0 unspecified atom stereocenters. The van der Waals surface area contributed by atoms with Crippen LogP contribution in [0.4, 0.5) is 0 Å². The van der Waals surface area contributed by atoms with Gasteiger partial charge in [-0.1, -0.05) is 48.5 Å². The van der Waals surface area contributed by atoms with Crippen LogP contribution in [0.1, 0.15) is 49.7 Å². The summed E-state index contributed by atoms with van der Waals surface area (Å²) < 4.78 is 4.74. The molecule has 140 valence electrons. The van der Waals surface area contributed by atoms with Crippen molar-refractivity contribution in [3.63, 3.8) is 0 Å². The van der Waals surface area contributed by atoms with Gasteiger partial charge in [0.25, 0.3) is 0 Å². The molecule has 2 nitrogen and oxygen atoms in total. The van der Waals surface area contributed by atoms with E-state index < -0.39 is 0 Å². The molecule has 0 heterocycles. The van der Waals surface area contributed by atoms with E-state index in [4.69, 9.17) is 4.74 Å². The van der Waals surface area contributed by atoms with E-state index in [1.54, 1.807) is 5.56 Å². The number of carbonyl (C=O) groups excluding carboxylic acids is 1. The Balaban J connectivity index is 1.36. The second-order valence-electron chi connectivity index (χ2n) is 9.23. The second-order valence-corrected chi connectivity index (χ2v) is 9.23. The number of hydrogen-bond donors (Lipinski definition) is 0. The number of benzene rings is 2. The van der Waals surface area contributed by atoms with Gasteiger partial charge in [-0.05, 0) is 83.9 Å². The molecule has 6 rings (SSSR count). The molecule has 0 radical (unpaired) electrons. The van der Waals surface area contributed by atoms with Gasteiger partial charge in [0.05, 0.1) is 13.5 Å². The Labute approximate surface area is 161 Å². The molecule has 0 atom stereocenters. The first-order valence-electron chi connectivity index (χ1n) is 10.4. The van der Waals surface area contributed by atoms with Crippen molar-refractivity contribution in [1.29, 1.82) is 0 Å². The van der Waals surface area contributed by atoms with Crippen molar-refractivity contribution < 1.29 is 9.53 Å². The number of hydrogen-bond acceptors (Lipinski definition) is 2. The summed E-state index contributed by atoms with van der Waals surface area (Å²) in [4.78, 5) is 11.4. The largest absolute Gasteiger partial charge is 0.469 e. The number of rotatable bonds is 4. The van der Waals surface area contributed by atoms with Gasteiger partial charge < -0.3 is 4.74 Å². The van der Waals surface area contributed by atoms with Crippen LogP contribution in [0.15, 0.2) is 48.5 Å². The highest BCUT2D eigenvalue weighted by molar-refractivity contribution is 5.73. The summed E-state index contributed by atoms with van der Waals surface area (Å²) in [5.74, 6) is 2.76. The van der Waals surface area contributed by atoms with Crippen LogP contribution < -0.4 is 0 Å². The number of esters is 1. The fourth-order valence-electron chi connectivity index (χ4n) is 6.53. The maximum atomic E-state index is 11.4. The minimum atomic E-state index is -0.192. The maximum absolute atomic E-state index is 11.4. The third kappa shape index (κ3) is 3.09. The van der Waals surface area contributed by atoms with Crippen LogP contribution in [0, 0.1) is 17.8 Å². The molecule has 4 aliphatic rings. The molecule has 0 N–H and O–H groups in total. The Morgan fingerprint density at radius 3 is 1.81 bits per heavy atom. The second kappa shape index (κ2) is 6.51. The van der Waals surface area contributed by atoms with Crippen molar-refractivity contribution in [2.75, 3.05) is 7.11 Å². The summed E-state index contributed by atoms with van der Waals surface area (Å²) in [6, 6.07) is 17.6. The Hall–Kier alpha value is -2.09. The van der Waals surface area contributed by atoms with E-state index in [9.17, 15) is 4.79 Å². The van der Waals surface area contributed by atoms with Gasteiger partial charge in [-0.2, -0.15) is 0 Å². The van der Waals surface area contributed by atoms with Crippen molar-refractivity contribution in [3.8, 4) is 11.1 Å². The third-order valence-electron chi connectivity index (χ3n) is 7.40. The molecule has 27 heavy (non-hydrogen) atoms. The summed E-state index contributed by atoms with van der Waals surface area (Å²) in [5.41, 5.74) is 5.51. The predicted octanol–water partition coefficient (Wildman–Crippen LogP) is 5.54. The smallest absolute Gasteiger partial charge is 0.309 e. The third-order valence-corrected chi connectivity index (χ3v) is 7.40. The van der Waals surface area contributed by atoms with Crippen molar-refractivity contribution in [2.45, 2.75) is 50.4 Å². The van der Waals surface area contributed by atoms with Crippen LogP contribution in [0.2, 0.25) is 0 Å². The lowest BCUT2D eigenvalue weighted by molar-refractivity contribution is -0.139. The van der Waals surface area contributed by atoms with Gasteiger partial charge in [0, 0.05) is 0 Å². The SMILES string of the molecule is COC(=O)Cc1ccc(-c2ccc(C34CC5CC(CC(C5)C3)C4)cc2)cc1. The van der Waals surface area contributed by atoms with Crippen LogP contribution in [-0.4, -0.2) is 13.1 Å². The van der Waals surface area contributed by atoms with E-state index in [1.165, 1.54) is 56.8 Å². The van der Waals surface area contributed by atoms with Crippen LogP contribution >= 0.6 is 0 Å². The van der Waals surface area contributed by atoms with Crippen LogP contribution in [0.25, 0.3) is 11.1 Å². The normalized spacial score (nSPS) is 31.1. The molecule has 4 fully saturated rings. The molecule has 0 saturated heterocycles. The highest BCUT2D eigenvalue weighted by Crippen LogP contribution is 2.60. The summed E-state index contributed by atoms with van der Waals surface area (Å²) >= 11 is 0. The molecule has 4 aliphatic carbocycles. The standard InChI is InChI=1S/C25H28O2/c1-27-24(26)13-17-2-4-21(5-3-17)22-6-8-23(9-7-22)25-14-18-10-19(15-25)12-20(11-18)16-25/h2-9,18-20H,10-16H2,1H3. The van der Waals surface area contributed by atoms with Crippen molar-refractivity contribution in [3.05, 3.63) is 59.7 Å². The lowest BCUT2D eigenvalue weighted by Gasteiger charge is -2.57. The fourth-order valence-corrected chi connectivity index (χ4v) is 6.53. The zero-order valence-corrected chi connectivity index (χ0v) is 16.1. The molecule has 4 bridgehead atoms. The quantitative estimate of drug-likeness (QED) is 0.670. The van der Waals surface area contributed by atoms with E-state index in [2.05, 4.69) is 36.4 Å². The fraction of sp³-hybridized carbons (Fsp3) is 0.480. The summed E-state index contributed by atoms with van der Waals surface area (Å²) in [5, 5.41) is 0. The van der Waals surface area contributed by atoms with E-state index in [-0.39, 0.29) is 5.97 Å². The van der Waals surface area contributed by atoms with Gasteiger partial charge in [0.15, 0.2) is 0 Å². The maximum Gasteiger partial charge on any atom is 0.309 e. The van der Waals surface area contributed by atoms with Crippen molar-refractivity contribution in [2.24, 2.45) is 17.8 Å². The first-order chi connectivity index (χ1) is 13.1. The lowest BCUT2D eigenvalue weighted by Crippen LogP contribution is -2.48. The van der Waals surface area contributed by atoms with Gasteiger partial charge >= 0.3 is 5.97 Å². The van der Waals surface area contributed by atoms with Crippen molar-refractivity contribution >= 4 is 5.97 Å². The lowest BCUT2D eigenvalue weighted by atomic mass is 9.48. The first kappa shape index (κ1) is 17.0. The van der Waals surface area contributed by atoms with Crippen LogP contribution in [0.3, 0.4) is 0 Å². The van der Waals surface area contributed by atoms with Crippen LogP contribution in [-0.2, 0) is 21.4 Å². The zero-order chi connectivity index (χ0) is 18.4. The van der Waals surface area contributed by atoms with Gasteiger partial charge in [0.2, 0.25) is 0 Å². The zero-order valence-electron chi connectivity index (χ0n) is 16.1.